The summed E-state index contributed by atoms with van der Waals surface area (Å²) in [6.07, 6.45) is 2.45. The SMILES string of the molecule is CCCCC(F)CCSC(C)=O. The van der Waals surface area contributed by atoms with Gasteiger partial charge in [-0.2, -0.15) is 0 Å². The Hall–Kier alpha value is -0.0500. The van der Waals surface area contributed by atoms with E-state index in [1.165, 1.54) is 18.7 Å². The van der Waals surface area contributed by atoms with Crippen molar-refractivity contribution < 1.29 is 9.18 Å². The van der Waals surface area contributed by atoms with Crippen LogP contribution < -0.4 is 0 Å². The van der Waals surface area contributed by atoms with Gasteiger partial charge in [0.05, 0.1) is 0 Å². The minimum atomic E-state index is -0.711. The molecule has 0 heterocycles. The standard InChI is InChI=1S/C9H17FOS/c1-3-4-5-9(10)6-7-12-8(2)11/h9H,3-7H2,1-2H3. The van der Waals surface area contributed by atoms with E-state index in [1.807, 2.05) is 0 Å². The molecule has 0 aromatic heterocycles. The number of hydrogen-bond donors (Lipinski definition) is 0. The molecule has 0 amide bonds. The lowest BCUT2D eigenvalue weighted by Gasteiger charge is -2.05. The van der Waals surface area contributed by atoms with Crippen molar-refractivity contribution in [1.29, 1.82) is 0 Å². The zero-order valence-electron chi connectivity index (χ0n) is 7.81. The van der Waals surface area contributed by atoms with Crippen LogP contribution in [-0.2, 0) is 4.79 Å². The number of halogens is 1. The zero-order valence-corrected chi connectivity index (χ0v) is 8.62. The highest BCUT2D eigenvalue weighted by Crippen LogP contribution is 2.12. The minimum absolute atomic E-state index is 0.0812. The van der Waals surface area contributed by atoms with Crippen LogP contribution in [0.1, 0.15) is 39.5 Å². The maximum absolute atomic E-state index is 12.9. The molecule has 0 aliphatic carbocycles. The van der Waals surface area contributed by atoms with Gasteiger partial charge in [-0.15, -0.1) is 0 Å². The molecular weight excluding hydrogens is 175 g/mol. The molecule has 0 N–H and O–H groups in total. The van der Waals surface area contributed by atoms with E-state index in [1.54, 1.807) is 0 Å². The van der Waals surface area contributed by atoms with Crippen LogP contribution in [0.4, 0.5) is 4.39 Å². The normalized spacial score (nSPS) is 12.9. The fraction of sp³-hybridized carbons (Fsp3) is 0.889. The van der Waals surface area contributed by atoms with Crippen molar-refractivity contribution >= 4 is 16.9 Å². The van der Waals surface area contributed by atoms with E-state index in [4.69, 9.17) is 0 Å². The molecule has 12 heavy (non-hydrogen) atoms. The second-order valence-corrected chi connectivity index (χ2v) is 4.14. The van der Waals surface area contributed by atoms with Gasteiger partial charge in [0, 0.05) is 12.7 Å². The third-order valence-electron chi connectivity index (χ3n) is 1.61. The molecule has 0 spiro atoms. The number of carbonyl (C=O) groups excluding carboxylic acids is 1. The maximum atomic E-state index is 12.9. The lowest BCUT2D eigenvalue weighted by molar-refractivity contribution is -0.109. The Morgan fingerprint density at radius 2 is 2.17 bits per heavy atom. The Kier molecular flexibility index (Phi) is 7.56. The smallest absolute Gasteiger partial charge is 0.185 e. The predicted molar refractivity (Wildman–Crippen MR) is 52.2 cm³/mol. The van der Waals surface area contributed by atoms with E-state index in [0.717, 1.165) is 12.8 Å². The first-order valence-corrected chi connectivity index (χ1v) is 5.42. The van der Waals surface area contributed by atoms with Crippen molar-refractivity contribution in [3.8, 4) is 0 Å². The zero-order chi connectivity index (χ0) is 9.40. The Bertz CT molecular complexity index is 128. The first kappa shape index (κ1) is 11.9. The van der Waals surface area contributed by atoms with Crippen molar-refractivity contribution in [2.24, 2.45) is 0 Å². The van der Waals surface area contributed by atoms with E-state index in [0.29, 0.717) is 18.6 Å². The molecule has 0 saturated heterocycles. The van der Waals surface area contributed by atoms with E-state index >= 15 is 0 Å². The molecule has 0 aliphatic rings. The lowest BCUT2D eigenvalue weighted by atomic mass is 10.1. The van der Waals surface area contributed by atoms with Gasteiger partial charge in [0.25, 0.3) is 0 Å². The van der Waals surface area contributed by atoms with Crippen molar-refractivity contribution in [3.05, 3.63) is 0 Å². The molecule has 0 bridgehead atoms. The monoisotopic (exact) mass is 192 g/mol. The van der Waals surface area contributed by atoms with Crippen LogP contribution in [-0.4, -0.2) is 17.0 Å². The summed E-state index contributed by atoms with van der Waals surface area (Å²) in [6, 6.07) is 0. The summed E-state index contributed by atoms with van der Waals surface area (Å²) >= 11 is 1.21. The average Bonchev–Trinajstić information content (AvgIpc) is 2.00. The van der Waals surface area contributed by atoms with E-state index in [2.05, 4.69) is 6.92 Å². The van der Waals surface area contributed by atoms with E-state index in [-0.39, 0.29) is 5.12 Å². The lowest BCUT2D eigenvalue weighted by Crippen LogP contribution is -2.02. The number of rotatable bonds is 6. The minimum Gasteiger partial charge on any atom is -0.288 e. The second kappa shape index (κ2) is 7.59. The highest BCUT2D eigenvalue weighted by atomic mass is 32.2. The average molecular weight is 192 g/mol. The highest BCUT2D eigenvalue weighted by Gasteiger charge is 2.05. The van der Waals surface area contributed by atoms with Crippen molar-refractivity contribution in [2.45, 2.75) is 45.7 Å². The summed E-state index contributed by atoms with van der Waals surface area (Å²) in [7, 11) is 0. The molecule has 0 fully saturated rings. The van der Waals surface area contributed by atoms with Crippen LogP contribution in [0.3, 0.4) is 0 Å². The molecule has 72 valence electrons. The van der Waals surface area contributed by atoms with Gasteiger partial charge in [0.15, 0.2) is 5.12 Å². The number of alkyl halides is 1. The molecule has 0 aromatic rings. The first-order valence-electron chi connectivity index (χ1n) is 4.44. The summed E-state index contributed by atoms with van der Waals surface area (Å²) < 4.78 is 12.9. The largest absolute Gasteiger partial charge is 0.288 e. The Morgan fingerprint density at radius 1 is 1.50 bits per heavy atom. The van der Waals surface area contributed by atoms with Crippen LogP contribution in [0.25, 0.3) is 0 Å². The molecule has 1 atom stereocenters. The molecule has 1 unspecified atom stereocenters. The molecule has 3 heteroatoms. The van der Waals surface area contributed by atoms with Crippen LogP contribution in [0.15, 0.2) is 0 Å². The van der Waals surface area contributed by atoms with E-state index < -0.39 is 6.17 Å². The third kappa shape index (κ3) is 8.05. The summed E-state index contributed by atoms with van der Waals surface area (Å²) in [5, 5.41) is 0.0812. The van der Waals surface area contributed by atoms with Gasteiger partial charge in [0.2, 0.25) is 0 Å². The Balaban J connectivity index is 3.19. The molecule has 1 nitrogen and oxygen atoms in total. The Labute approximate surface area is 78.1 Å². The fourth-order valence-electron chi connectivity index (χ4n) is 0.900. The fourth-order valence-corrected chi connectivity index (χ4v) is 1.56. The summed E-state index contributed by atoms with van der Waals surface area (Å²) in [5.74, 6) is 0.625. The Morgan fingerprint density at radius 3 is 2.67 bits per heavy atom. The van der Waals surface area contributed by atoms with Crippen molar-refractivity contribution in [1.82, 2.24) is 0 Å². The summed E-state index contributed by atoms with van der Waals surface area (Å²) in [6.45, 7) is 3.57. The van der Waals surface area contributed by atoms with Gasteiger partial charge < -0.3 is 0 Å². The van der Waals surface area contributed by atoms with Crippen LogP contribution >= 0.6 is 11.8 Å². The van der Waals surface area contributed by atoms with Crippen molar-refractivity contribution in [3.63, 3.8) is 0 Å². The number of unbranched alkanes of at least 4 members (excludes halogenated alkanes) is 1. The summed E-state index contributed by atoms with van der Waals surface area (Å²) in [5.41, 5.74) is 0. The van der Waals surface area contributed by atoms with Crippen LogP contribution in [0.2, 0.25) is 0 Å². The topological polar surface area (TPSA) is 17.1 Å². The second-order valence-electron chi connectivity index (χ2n) is 2.87. The van der Waals surface area contributed by atoms with Gasteiger partial charge in [-0.3, -0.25) is 4.79 Å². The third-order valence-corrected chi connectivity index (χ3v) is 2.45. The van der Waals surface area contributed by atoms with Gasteiger partial charge >= 0.3 is 0 Å². The number of carbonyl (C=O) groups is 1. The van der Waals surface area contributed by atoms with Gasteiger partial charge in [-0.05, 0) is 12.8 Å². The molecule has 0 aliphatic heterocycles. The molecule has 0 radical (unpaired) electrons. The van der Waals surface area contributed by atoms with Gasteiger partial charge in [-0.1, -0.05) is 31.5 Å². The number of thioether (sulfide) groups is 1. The molecule has 0 aromatic carbocycles. The van der Waals surface area contributed by atoms with Crippen LogP contribution in [0, 0.1) is 0 Å². The molecule has 0 rings (SSSR count). The van der Waals surface area contributed by atoms with E-state index in [9.17, 15) is 9.18 Å². The first-order chi connectivity index (χ1) is 5.66. The van der Waals surface area contributed by atoms with Gasteiger partial charge in [-0.25, -0.2) is 4.39 Å². The van der Waals surface area contributed by atoms with Crippen LogP contribution in [0.5, 0.6) is 0 Å². The van der Waals surface area contributed by atoms with Gasteiger partial charge in [0.1, 0.15) is 6.17 Å². The maximum Gasteiger partial charge on any atom is 0.185 e. The summed E-state index contributed by atoms with van der Waals surface area (Å²) in [4.78, 5) is 10.5. The highest BCUT2D eigenvalue weighted by molar-refractivity contribution is 8.13. The van der Waals surface area contributed by atoms with Crippen molar-refractivity contribution in [2.75, 3.05) is 5.75 Å². The number of hydrogen-bond acceptors (Lipinski definition) is 2. The molecule has 0 saturated carbocycles. The predicted octanol–water partition coefficient (Wildman–Crippen LogP) is 3.18. The molecular formula is C9H17FOS. The quantitative estimate of drug-likeness (QED) is 0.643.